The van der Waals surface area contributed by atoms with E-state index >= 15 is 0 Å². The molecule has 1 amide bonds. The van der Waals surface area contributed by atoms with Crippen LogP contribution < -0.4 is 4.74 Å². The number of aromatic nitrogens is 5. The van der Waals surface area contributed by atoms with E-state index < -0.39 is 0 Å². The van der Waals surface area contributed by atoms with Gasteiger partial charge in [-0.3, -0.25) is 4.79 Å². The second-order valence-corrected chi connectivity index (χ2v) is 5.74. The lowest BCUT2D eigenvalue weighted by molar-refractivity contribution is 0.0737. The number of benzene rings is 1. The van der Waals surface area contributed by atoms with Crippen LogP contribution in [0.25, 0.3) is 11.4 Å². The van der Waals surface area contributed by atoms with Gasteiger partial charge in [-0.05, 0) is 0 Å². The smallest absolute Gasteiger partial charge is 0.314 e. The van der Waals surface area contributed by atoms with E-state index in [0.717, 1.165) is 16.8 Å². The first kappa shape index (κ1) is 15.3. The third kappa shape index (κ3) is 2.71. The van der Waals surface area contributed by atoms with Crippen molar-refractivity contribution in [3.8, 4) is 17.4 Å². The molecule has 8 nitrogen and oxygen atoms in total. The van der Waals surface area contributed by atoms with E-state index in [1.165, 1.54) is 11.8 Å². The molecule has 0 fully saturated rings. The van der Waals surface area contributed by atoms with Crippen LogP contribution in [0.1, 0.15) is 21.9 Å². The molecule has 0 unspecified atom stereocenters. The number of amides is 1. The van der Waals surface area contributed by atoms with Crippen LogP contribution in [0.15, 0.2) is 36.5 Å². The van der Waals surface area contributed by atoms with Gasteiger partial charge in [0.15, 0.2) is 5.82 Å². The Bertz CT molecular complexity index is 938. The number of carbonyl (C=O) groups excluding carboxylic acids is 1. The second-order valence-electron chi connectivity index (χ2n) is 5.74. The standard InChI is InChI=1S/C17H16N6O2/c1-22-17(25-2)20-15(21-22)16(24)23-9-12-8-18-14(19-13(12)10-23)11-6-4-3-5-7-11/h3-8H,9-10H2,1-2H3. The third-order valence-electron chi connectivity index (χ3n) is 4.07. The van der Waals surface area contributed by atoms with Gasteiger partial charge in [0.2, 0.25) is 5.82 Å². The van der Waals surface area contributed by atoms with Gasteiger partial charge in [0.05, 0.1) is 19.3 Å². The van der Waals surface area contributed by atoms with E-state index in [1.807, 2.05) is 30.3 Å². The summed E-state index contributed by atoms with van der Waals surface area (Å²) in [4.78, 5) is 27.4. The van der Waals surface area contributed by atoms with Crippen LogP contribution >= 0.6 is 0 Å². The van der Waals surface area contributed by atoms with E-state index in [1.54, 1.807) is 18.1 Å². The lowest BCUT2D eigenvalue weighted by Crippen LogP contribution is -2.26. The lowest BCUT2D eigenvalue weighted by atomic mass is 10.2. The Morgan fingerprint density at radius 1 is 1.16 bits per heavy atom. The molecule has 1 aliphatic rings. The molecule has 2 aromatic heterocycles. The first-order valence-corrected chi connectivity index (χ1v) is 7.80. The summed E-state index contributed by atoms with van der Waals surface area (Å²) in [5.41, 5.74) is 2.74. The molecule has 1 aromatic carbocycles. The molecule has 0 saturated carbocycles. The summed E-state index contributed by atoms with van der Waals surface area (Å²) in [5, 5.41) is 4.11. The Kier molecular flexibility index (Phi) is 3.64. The molecule has 3 aromatic rings. The summed E-state index contributed by atoms with van der Waals surface area (Å²) in [6, 6.07) is 10.1. The van der Waals surface area contributed by atoms with Crippen molar-refractivity contribution in [2.24, 2.45) is 7.05 Å². The number of ether oxygens (including phenoxy) is 1. The minimum absolute atomic E-state index is 0.114. The fourth-order valence-corrected chi connectivity index (χ4v) is 2.80. The molecular weight excluding hydrogens is 320 g/mol. The summed E-state index contributed by atoms with van der Waals surface area (Å²) in [6.07, 6.45) is 1.78. The topological polar surface area (TPSA) is 86.0 Å². The van der Waals surface area contributed by atoms with Crippen molar-refractivity contribution in [3.05, 3.63) is 53.6 Å². The molecule has 0 N–H and O–H groups in total. The molecule has 25 heavy (non-hydrogen) atoms. The van der Waals surface area contributed by atoms with Gasteiger partial charge < -0.3 is 9.64 Å². The zero-order valence-electron chi connectivity index (χ0n) is 13.9. The largest absolute Gasteiger partial charge is 0.467 e. The second kappa shape index (κ2) is 5.97. The van der Waals surface area contributed by atoms with Crippen LogP contribution in [-0.4, -0.2) is 42.6 Å². The highest BCUT2D eigenvalue weighted by Gasteiger charge is 2.29. The Morgan fingerprint density at radius 3 is 2.68 bits per heavy atom. The van der Waals surface area contributed by atoms with Crippen molar-refractivity contribution in [2.45, 2.75) is 13.1 Å². The quantitative estimate of drug-likeness (QED) is 0.719. The summed E-state index contributed by atoms with van der Waals surface area (Å²) < 4.78 is 6.50. The van der Waals surface area contributed by atoms with Gasteiger partial charge in [-0.1, -0.05) is 30.3 Å². The predicted octanol–water partition coefficient (Wildman–Crippen LogP) is 1.44. The average Bonchev–Trinajstić information content (AvgIpc) is 3.24. The van der Waals surface area contributed by atoms with Crippen LogP contribution in [0.3, 0.4) is 0 Å². The molecule has 0 aliphatic carbocycles. The highest BCUT2D eigenvalue weighted by molar-refractivity contribution is 5.90. The number of hydrogen-bond acceptors (Lipinski definition) is 6. The van der Waals surface area contributed by atoms with E-state index in [-0.39, 0.29) is 11.7 Å². The van der Waals surface area contributed by atoms with Crippen molar-refractivity contribution in [2.75, 3.05) is 7.11 Å². The summed E-state index contributed by atoms with van der Waals surface area (Å²) in [7, 11) is 3.17. The molecule has 0 atom stereocenters. The molecular formula is C17H16N6O2. The molecule has 3 heterocycles. The van der Waals surface area contributed by atoms with Crippen LogP contribution in [0.5, 0.6) is 6.01 Å². The minimum Gasteiger partial charge on any atom is -0.467 e. The molecule has 8 heteroatoms. The first-order chi connectivity index (χ1) is 12.2. The summed E-state index contributed by atoms with van der Waals surface area (Å²) in [5.74, 6) is 0.521. The lowest BCUT2D eigenvalue weighted by Gasteiger charge is -2.11. The molecule has 0 spiro atoms. The zero-order chi connectivity index (χ0) is 17.4. The van der Waals surface area contributed by atoms with Crippen molar-refractivity contribution < 1.29 is 9.53 Å². The minimum atomic E-state index is -0.252. The maximum absolute atomic E-state index is 12.6. The van der Waals surface area contributed by atoms with E-state index in [2.05, 4.69) is 20.1 Å². The zero-order valence-corrected chi connectivity index (χ0v) is 13.9. The van der Waals surface area contributed by atoms with Crippen molar-refractivity contribution >= 4 is 5.91 Å². The van der Waals surface area contributed by atoms with Gasteiger partial charge in [-0.25, -0.2) is 14.6 Å². The highest BCUT2D eigenvalue weighted by Crippen LogP contribution is 2.24. The number of methoxy groups -OCH3 is 1. The number of carbonyl (C=O) groups is 1. The fourth-order valence-electron chi connectivity index (χ4n) is 2.80. The van der Waals surface area contributed by atoms with Crippen LogP contribution in [-0.2, 0) is 20.1 Å². The number of rotatable bonds is 3. The van der Waals surface area contributed by atoms with Gasteiger partial charge in [0, 0.05) is 30.9 Å². The number of nitrogens with zero attached hydrogens (tertiary/aromatic N) is 6. The van der Waals surface area contributed by atoms with Crippen LogP contribution in [0.2, 0.25) is 0 Å². The normalized spacial score (nSPS) is 13.0. The molecule has 0 radical (unpaired) electrons. The number of aryl methyl sites for hydroxylation is 1. The summed E-state index contributed by atoms with van der Waals surface area (Å²) >= 11 is 0. The van der Waals surface area contributed by atoms with Gasteiger partial charge in [-0.2, -0.15) is 4.98 Å². The predicted molar refractivity (Wildman–Crippen MR) is 88.6 cm³/mol. The average molecular weight is 336 g/mol. The first-order valence-electron chi connectivity index (χ1n) is 7.80. The van der Waals surface area contributed by atoms with Crippen molar-refractivity contribution in [3.63, 3.8) is 0 Å². The molecule has 126 valence electrons. The van der Waals surface area contributed by atoms with Gasteiger partial charge in [0.1, 0.15) is 0 Å². The number of fused-ring (bicyclic) bond motifs is 1. The maximum Gasteiger partial charge on any atom is 0.314 e. The Hall–Kier alpha value is -3.29. The van der Waals surface area contributed by atoms with Crippen LogP contribution in [0.4, 0.5) is 0 Å². The van der Waals surface area contributed by atoms with Gasteiger partial charge in [-0.15, -0.1) is 5.10 Å². The highest BCUT2D eigenvalue weighted by atomic mass is 16.5. The molecule has 0 saturated heterocycles. The molecule has 1 aliphatic heterocycles. The van der Waals surface area contributed by atoms with Crippen molar-refractivity contribution in [1.82, 2.24) is 29.6 Å². The van der Waals surface area contributed by atoms with E-state index in [9.17, 15) is 4.79 Å². The molecule has 0 bridgehead atoms. The van der Waals surface area contributed by atoms with E-state index in [0.29, 0.717) is 24.9 Å². The molecule has 4 rings (SSSR count). The fraction of sp³-hybridized carbons (Fsp3) is 0.235. The van der Waals surface area contributed by atoms with Crippen molar-refractivity contribution in [1.29, 1.82) is 0 Å². The van der Waals surface area contributed by atoms with Gasteiger partial charge in [0.25, 0.3) is 5.91 Å². The number of hydrogen-bond donors (Lipinski definition) is 0. The Morgan fingerprint density at radius 2 is 1.96 bits per heavy atom. The maximum atomic E-state index is 12.6. The van der Waals surface area contributed by atoms with E-state index in [4.69, 9.17) is 4.74 Å². The Balaban J connectivity index is 1.57. The third-order valence-corrected chi connectivity index (χ3v) is 4.07. The SMILES string of the molecule is COc1nc(C(=O)N2Cc3cnc(-c4ccccc4)nc3C2)nn1C. The monoisotopic (exact) mass is 336 g/mol. The van der Waals surface area contributed by atoms with Crippen LogP contribution in [0, 0.1) is 0 Å². The van der Waals surface area contributed by atoms with Gasteiger partial charge >= 0.3 is 6.01 Å². The summed E-state index contributed by atoms with van der Waals surface area (Å²) in [6.45, 7) is 0.862. The Labute approximate surface area is 144 Å².